The number of carboxylic acid groups (broad SMARTS) is 1. The average Bonchev–Trinajstić information content (AvgIpc) is 2.95. The molecule has 118 valence electrons. The number of rotatable bonds is 5. The SMILES string of the molecule is COc1cc(-c2nc3ncc(Cl)cc3[nH]2)ccc1OCC(=O)O. The zero-order valence-corrected chi connectivity index (χ0v) is 12.8. The number of hydrogen-bond donors (Lipinski definition) is 2. The van der Waals surface area contributed by atoms with Crippen LogP contribution in [0, 0.1) is 0 Å². The summed E-state index contributed by atoms with van der Waals surface area (Å²) in [6.07, 6.45) is 1.53. The highest BCUT2D eigenvalue weighted by molar-refractivity contribution is 6.31. The summed E-state index contributed by atoms with van der Waals surface area (Å²) < 4.78 is 10.4. The van der Waals surface area contributed by atoms with Gasteiger partial charge in [0.1, 0.15) is 5.82 Å². The summed E-state index contributed by atoms with van der Waals surface area (Å²) in [4.78, 5) is 22.2. The Labute approximate surface area is 135 Å². The highest BCUT2D eigenvalue weighted by atomic mass is 35.5. The van der Waals surface area contributed by atoms with Crippen molar-refractivity contribution in [2.75, 3.05) is 13.7 Å². The third-order valence-corrected chi connectivity index (χ3v) is 3.30. The van der Waals surface area contributed by atoms with Gasteiger partial charge in [0, 0.05) is 11.8 Å². The molecule has 3 rings (SSSR count). The average molecular weight is 334 g/mol. The summed E-state index contributed by atoms with van der Waals surface area (Å²) in [5.41, 5.74) is 2.02. The van der Waals surface area contributed by atoms with Gasteiger partial charge in [-0.15, -0.1) is 0 Å². The van der Waals surface area contributed by atoms with Gasteiger partial charge in [-0.05, 0) is 24.3 Å². The van der Waals surface area contributed by atoms with Crippen LogP contribution >= 0.6 is 11.6 Å². The summed E-state index contributed by atoms with van der Waals surface area (Å²) >= 11 is 5.91. The van der Waals surface area contributed by atoms with Gasteiger partial charge in [-0.2, -0.15) is 0 Å². The van der Waals surface area contributed by atoms with E-state index in [-0.39, 0.29) is 0 Å². The molecule has 7 nitrogen and oxygen atoms in total. The van der Waals surface area contributed by atoms with Gasteiger partial charge in [0.25, 0.3) is 0 Å². The molecule has 0 unspecified atom stereocenters. The van der Waals surface area contributed by atoms with E-state index in [0.29, 0.717) is 28.0 Å². The number of benzene rings is 1. The Morgan fingerprint density at radius 2 is 2.17 bits per heavy atom. The zero-order chi connectivity index (χ0) is 16.4. The van der Waals surface area contributed by atoms with Crippen molar-refractivity contribution in [3.05, 3.63) is 35.5 Å². The predicted octanol–water partition coefficient (Wildman–Crippen LogP) is 2.75. The van der Waals surface area contributed by atoms with Crippen molar-refractivity contribution >= 4 is 28.7 Å². The van der Waals surface area contributed by atoms with Crippen LogP contribution in [-0.4, -0.2) is 39.7 Å². The van der Waals surface area contributed by atoms with E-state index in [1.807, 2.05) is 0 Å². The number of carbonyl (C=O) groups is 1. The molecule has 8 heteroatoms. The Hall–Kier alpha value is -2.80. The second-order valence-electron chi connectivity index (χ2n) is 4.66. The number of aromatic nitrogens is 3. The fourth-order valence-corrected chi connectivity index (χ4v) is 2.24. The van der Waals surface area contributed by atoms with E-state index in [9.17, 15) is 4.79 Å². The number of nitrogens with one attached hydrogen (secondary N) is 1. The maximum absolute atomic E-state index is 10.6. The number of imidazole rings is 1. The summed E-state index contributed by atoms with van der Waals surface area (Å²) in [5, 5.41) is 9.19. The number of carboxylic acids is 1. The van der Waals surface area contributed by atoms with E-state index in [1.165, 1.54) is 13.3 Å². The molecule has 0 bridgehead atoms. The van der Waals surface area contributed by atoms with Gasteiger partial charge >= 0.3 is 5.97 Å². The molecule has 0 aliphatic heterocycles. The van der Waals surface area contributed by atoms with Gasteiger partial charge in [-0.25, -0.2) is 14.8 Å². The molecular formula is C15H12ClN3O4. The first-order chi connectivity index (χ1) is 11.1. The van der Waals surface area contributed by atoms with Crippen molar-refractivity contribution < 1.29 is 19.4 Å². The molecule has 3 aromatic rings. The molecule has 2 aromatic heterocycles. The molecule has 23 heavy (non-hydrogen) atoms. The summed E-state index contributed by atoms with van der Waals surface area (Å²) in [7, 11) is 1.48. The third-order valence-electron chi connectivity index (χ3n) is 3.09. The van der Waals surface area contributed by atoms with Crippen LogP contribution < -0.4 is 9.47 Å². The Morgan fingerprint density at radius 3 is 2.91 bits per heavy atom. The van der Waals surface area contributed by atoms with E-state index in [0.717, 1.165) is 11.1 Å². The van der Waals surface area contributed by atoms with Gasteiger partial charge in [0.05, 0.1) is 17.6 Å². The quantitative estimate of drug-likeness (QED) is 0.745. The molecule has 0 radical (unpaired) electrons. The number of aromatic amines is 1. The monoisotopic (exact) mass is 333 g/mol. The van der Waals surface area contributed by atoms with Crippen molar-refractivity contribution in [2.24, 2.45) is 0 Å². The largest absolute Gasteiger partial charge is 0.493 e. The van der Waals surface area contributed by atoms with Crippen LogP contribution in [0.5, 0.6) is 11.5 Å². The normalized spacial score (nSPS) is 10.7. The minimum atomic E-state index is -1.06. The van der Waals surface area contributed by atoms with Crippen LogP contribution in [0.2, 0.25) is 5.02 Å². The van der Waals surface area contributed by atoms with E-state index >= 15 is 0 Å². The fraction of sp³-hybridized carbons (Fsp3) is 0.133. The molecule has 0 saturated heterocycles. The summed E-state index contributed by atoms with van der Waals surface area (Å²) in [5.74, 6) is 0.292. The van der Waals surface area contributed by atoms with Gasteiger partial charge in [-0.3, -0.25) is 0 Å². The first-order valence-corrected chi connectivity index (χ1v) is 6.99. The molecule has 1 aromatic carbocycles. The molecule has 0 amide bonds. The lowest BCUT2D eigenvalue weighted by atomic mass is 10.2. The summed E-state index contributed by atoms with van der Waals surface area (Å²) in [6.45, 7) is -0.442. The van der Waals surface area contributed by atoms with E-state index in [1.54, 1.807) is 24.3 Å². The Bertz CT molecular complexity index is 878. The van der Waals surface area contributed by atoms with Crippen molar-refractivity contribution in [3.8, 4) is 22.9 Å². The molecule has 0 atom stereocenters. The minimum Gasteiger partial charge on any atom is -0.493 e. The maximum atomic E-state index is 10.6. The van der Waals surface area contributed by atoms with Gasteiger partial charge < -0.3 is 19.6 Å². The summed E-state index contributed by atoms with van der Waals surface area (Å²) in [6, 6.07) is 6.82. The van der Waals surface area contributed by atoms with E-state index < -0.39 is 12.6 Å². The van der Waals surface area contributed by atoms with Crippen LogP contribution in [0.25, 0.3) is 22.6 Å². The van der Waals surface area contributed by atoms with Crippen LogP contribution in [0.3, 0.4) is 0 Å². The molecule has 0 fully saturated rings. The van der Waals surface area contributed by atoms with E-state index in [4.69, 9.17) is 26.2 Å². The van der Waals surface area contributed by atoms with Crippen molar-refractivity contribution in [2.45, 2.75) is 0 Å². The van der Waals surface area contributed by atoms with Gasteiger partial charge in [0.2, 0.25) is 0 Å². The molecule has 2 heterocycles. The fourth-order valence-electron chi connectivity index (χ4n) is 2.08. The highest BCUT2D eigenvalue weighted by Gasteiger charge is 2.12. The lowest BCUT2D eigenvalue weighted by Crippen LogP contribution is -2.10. The number of nitrogens with zero attached hydrogens (tertiary/aromatic N) is 2. The van der Waals surface area contributed by atoms with Crippen molar-refractivity contribution in [1.29, 1.82) is 0 Å². The van der Waals surface area contributed by atoms with Gasteiger partial charge in [-0.1, -0.05) is 11.6 Å². The number of methoxy groups -OCH3 is 1. The minimum absolute atomic E-state index is 0.343. The van der Waals surface area contributed by atoms with Gasteiger partial charge in [0.15, 0.2) is 23.8 Å². The third kappa shape index (κ3) is 3.19. The number of ether oxygens (including phenoxy) is 2. The lowest BCUT2D eigenvalue weighted by Gasteiger charge is -2.10. The van der Waals surface area contributed by atoms with Crippen LogP contribution in [-0.2, 0) is 4.79 Å². The molecular weight excluding hydrogens is 322 g/mol. The number of pyridine rings is 1. The molecule has 0 saturated carbocycles. The topological polar surface area (TPSA) is 97.3 Å². The number of halogens is 1. The van der Waals surface area contributed by atoms with Crippen molar-refractivity contribution in [1.82, 2.24) is 15.0 Å². The zero-order valence-electron chi connectivity index (χ0n) is 12.0. The highest BCUT2D eigenvalue weighted by Crippen LogP contribution is 2.32. The molecule has 0 spiro atoms. The smallest absolute Gasteiger partial charge is 0.341 e. The molecule has 0 aliphatic rings. The number of H-pyrrole nitrogens is 1. The molecule has 2 N–H and O–H groups in total. The predicted molar refractivity (Wildman–Crippen MR) is 84.0 cm³/mol. The first-order valence-electron chi connectivity index (χ1n) is 6.61. The second kappa shape index (κ2) is 6.13. The van der Waals surface area contributed by atoms with Crippen molar-refractivity contribution in [3.63, 3.8) is 0 Å². The lowest BCUT2D eigenvalue weighted by molar-refractivity contribution is -0.139. The maximum Gasteiger partial charge on any atom is 0.341 e. The Kier molecular flexibility index (Phi) is 4.03. The van der Waals surface area contributed by atoms with Crippen LogP contribution in [0.15, 0.2) is 30.5 Å². The number of aliphatic carboxylic acids is 1. The second-order valence-corrected chi connectivity index (χ2v) is 5.09. The number of fused-ring (bicyclic) bond motifs is 1. The van der Waals surface area contributed by atoms with Crippen LogP contribution in [0.4, 0.5) is 0 Å². The van der Waals surface area contributed by atoms with E-state index in [2.05, 4.69) is 15.0 Å². The Morgan fingerprint density at radius 1 is 1.35 bits per heavy atom. The van der Waals surface area contributed by atoms with Crippen LogP contribution in [0.1, 0.15) is 0 Å². The standard InChI is InChI=1S/C15H12ClN3O4/c1-22-12-4-8(2-3-11(12)23-7-13(20)21)14-18-10-5-9(16)6-17-15(10)19-14/h2-6H,7H2,1H3,(H,20,21)(H,17,18,19). The first kappa shape index (κ1) is 15.1. The Balaban J connectivity index is 1.96. The molecule has 0 aliphatic carbocycles. The number of hydrogen-bond acceptors (Lipinski definition) is 5.